The van der Waals surface area contributed by atoms with Crippen LogP contribution in [0.15, 0.2) is 42.5 Å². The number of carbonyl (C=O) groups is 1. The van der Waals surface area contributed by atoms with Crippen molar-refractivity contribution in [3.8, 4) is 5.75 Å². The second-order valence-corrected chi connectivity index (χ2v) is 5.17. The minimum atomic E-state index is -0.613. The van der Waals surface area contributed by atoms with Crippen molar-refractivity contribution in [2.75, 3.05) is 5.32 Å². The summed E-state index contributed by atoms with van der Waals surface area (Å²) >= 11 is 0. The van der Waals surface area contributed by atoms with Crippen molar-refractivity contribution in [3.63, 3.8) is 0 Å². The Balaban J connectivity index is 1.73. The van der Waals surface area contributed by atoms with E-state index in [9.17, 15) is 14.9 Å². The summed E-state index contributed by atoms with van der Waals surface area (Å²) < 4.78 is 5.60. The standard InChI is InChI=1S/C16H14N2O4/c1-10-6-7-12(9-13(10)18(20)21)17-16(19)15-8-11-4-2-3-5-14(11)22-15/h2-7,9,15H,8H2,1H3,(H,17,19). The Morgan fingerprint density at radius 1 is 1.32 bits per heavy atom. The summed E-state index contributed by atoms with van der Waals surface area (Å²) in [7, 11) is 0. The summed E-state index contributed by atoms with van der Waals surface area (Å²) in [5, 5.41) is 13.6. The van der Waals surface area contributed by atoms with Crippen molar-refractivity contribution in [1.29, 1.82) is 0 Å². The normalized spacial score (nSPS) is 15.8. The van der Waals surface area contributed by atoms with Crippen molar-refractivity contribution in [3.05, 3.63) is 63.7 Å². The minimum Gasteiger partial charge on any atom is -0.480 e. The Morgan fingerprint density at radius 3 is 2.82 bits per heavy atom. The first-order valence-corrected chi connectivity index (χ1v) is 6.85. The van der Waals surface area contributed by atoms with E-state index in [-0.39, 0.29) is 11.6 Å². The van der Waals surface area contributed by atoms with Crippen LogP contribution in [0.4, 0.5) is 11.4 Å². The van der Waals surface area contributed by atoms with Crippen LogP contribution < -0.4 is 10.1 Å². The van der Waals surface area contributed by atoms with Gasteiger partial charge in [0.2, 0.25) is 0 Å². The Morgan fingerprint density at radius 2 is 2.09 bits per heavy atom. The molecule has 1 atom stereocenters. The quantitative estimate of drug-likeness (QED) is 0.698. The van der Waals surface area contributed by atoms with Crippen molar-refractivity contribution in [1.82, 2.24) is 0 Å². The number of nitro groups is 1. The fraction of sp³-hybridized carbons (Fsp3) is 0.188. The molecule has 3 rings (SSSR count). The zero-order valence-corrected chi connectivity index (χ0v) is 11.9. The first kappa shape index (κ1) is 14.1. The van der Waals surface area contributed by atoms with Gasteiger partial charge in [0, 0.05) is 23.7 Å². The molecule has 0 radical (unpaired) electrons. The topological polar surface area (TPSA) is 81.5 Å². The summed E-state index contributed by atoms with van der Waals surface area (Å²) in [5.74, 6) is 0.395. The van der Waals surface area contributed by atoms with Crippen LogP contribution in [0.5, 0.6) is 5.75 Å². The smallest absolute Gasteiger partial charge is 0.274 e. The lowest BCUT2D eigenvalue weighted by Crippen LogP contribution is -2.31. The molecule has 2 aromatic carbocycles. The maximum Gasteiger partial charge on any atom is 0.274 e. The molecule has 2 aromatic rings. The molecule has 0 aliphatic carbocycles. The molecule has 1 heterocycles. The monoisotopic (exact) mass is 298 g/mol. The molecule has 6 heteroatoms. The highest BCUT2D eigenvalue weighted by Gasteiger charge is 2.29. The second-order valence-electron chi connectivity index (χ2n) is 5.17. The van der Waals surface area contributed by atoms with Gasteiger partial charge in [0.25, 0.3) is 11.6 Å². The number of aryl methyl sites for hydroxylation is 1. The predicted molar refractivity (Wildman–Crippen MR) is 81.0 cm³/mol. The van der Waals surface area contributed by atoms with Gasteiger partial charge >= 0.3 is 0 Å². The van der Waals surface area contributed by atoms with Crippen LogP contribution in [0.25, 0.3) is 0 Å². The summed E-state index contributed by atoms with van der Waals surface area (Å²) in [5.41, 5.74) is 1.90. The molecule has 0 bridgehead atoms. The van der Waals surface area contributed by atoms with Crippen molar-refractivity contribution in [2.45, 2.75) is 19.4 Å². The lowest BCUT2D eigenvalue weighted by atomic mass is 10.1. The Labute approximate surface area is 126 Å². The molecule has 112 valence electrons. The average molecular weight is 298 g/mol. The largest absolute Gasteiger partial charge is 0.480 e. The maximum atomic E-state index is 12.2. The number of nitrogens with zero attached hydrogens (tertiary/aromatic N) is 1. The Hall–Kier alpha value is -2.89. The molecule has 0 saturated heterocycles. The molecule has 22 heavy (non-hydrogen) atoms. The molecule has 0 saturated carbocycles. The van der Waals surface area contributed by atoms with Crippen LogP contribution in [0.2, 0.25) is 0 Å². The number of rotatable bonds is 3. The molecule has 0 aromatic heterocycles. The molecule has 0 spiro atoms. The van der Waals surface area contributed by atoms with E-state index < -0.39 is 11.0 Å². The van der Waals surface area contributed by atoms with Gasteiger partial charge in [-0.2, -0.15) is 0 Å². The van der Waals surface area contributed by atoms with E-state index in [2.05, 4.69) is 5.32 Å². The van der Waals surface area contributed by atoms with E-state index in [4.69, 9.17) is 4.74 Å². The van der Waals surface area contributed by atoms with Gasteiger partial charge in [-0.05, 0) is 24.6 Å². The lowest BCUT2D eigenvalue weighted by molar-refractivity contribution is -0.385. The van der Waals surface area contributed by atoms with Crippen LogP contribution in [0.1, 0.15) is 11.1 Å². The van der Waals surface area contributed by atoms with Crippen molar-refractivity contribution in [2.24, 2.45) is 0 Å². The van der Waals surface area contributed by atoms with Crippen LogP contribution >= 0.6 is 0 Å². The number of para-hydroxylation sites is 1. The number of carbonyl (C=O) groups excluding carboxylic acids is 1. The molecule has 1 amide bonds. The molecule has 0 fully saturated rings. The summed E-state index contributed by atoms with van der Waals surface area (Å²) in [6, 6.07) is 12.1. The van der Waals surface area contributed by atoms with Gasteiger partial charge in [-0.25, -0.2) is 0 Å². The van der Waals surface area contributed by atoms with Crippen molar-refractivity contribution < 1.29 is 14.5 Å². The summed E-state index contributed by atoms with van der Waals surface area (Å²) in [6.45, 7) is 1.65. The van der Waals surface area contributed by atoms with E-state index >= 15 is 0 Å². The SMILES string of the molecule is Cc1ccc(NC(=O)C2Cc3ccccc3O2)cc1[N+](=O)[O-]. The number of hydrogen-bond donors (Lipinski definition) is 1. The maximum absolute atomic E-state index is 12.2. The van der Waals surface area contributed by atoms with Gasteiger partial charge in [-0.1, -0.05) is 24.3 Å². The van der Waals surface area contributed by atoms with Gasteiger partial charge in [0.1, 0.15) is 5.75 Å². The highest BCUT2D eigenvalue weighted by Crippen LogP contribution is 2.29. The van der Waals surface area contributed by atoms with E-state index in [1.54, 1.807) is 19.1 Å². The fourth-order valence-corrected chi connectivity index (χ4v) is 2.43. The molecular weight excluding hydrogens is 284 g/mol. The second kappa shape index (κ2) is 5.48. The Kier molecular flexibility index (Phi) is 3.50. The first-order chi connectivity index (χ1) is 10.5. The molecule has 1 unspecified atom stereocenters. The third-order valence-corrected chi connectivity index (χ3v) is 3.61. The lowest BCUT2D eigenvalue weighted by Gasteiger charge is -2.11. The number of anilines is 1. The van der Waals surface area contributed by atoms with Crippen LogP contribution in [0.3, 0.4) is 0 Å². The highest BCUT2D eigenvalue weighted by molar-refractivity contribution is 5.95. The predicted octanol–water partition coefficient (Wildman–Crippen LogP) is 2.85. The fourth-order valence-electron chi connectivity index (χ4n) is 2.43. The molecular formula is C16H14N2O4. The summed E-state index contributed by atoms with van der Waals surface area (Å²) in [6.07, 6.45) is -0.117. The number of ether oxygens (including phenoxy) is 1. The van der Waals surface area contributed by atoms with E-state index in [1.807, 2.05) is 24.3 Å². The average Bonchev–Trinajstić information content (AvgIpc) is 2.93. The third-order valence-electron chi connectivity index (χ3n) is 3.61. The van der Waals surface area contributed by atoms with Gasteiger partial charge in [-0.3, -0.25) is 14.9 Å². The molecule has 1 aliphatic heterocycles. The third kappa shape index (κ3) is 2.63. The van der Waals surface area contributed by atoms with E-state index in [0.717, 1.165) is 5.56 Å². The van der Waals surface area contributed by atoms with Gasteiger partial charge in [0.05, 0.1) is 4.92 Å². The number of benzene rings is 2. The first-order valence-electron chi connectivity index (χ1n) is 6.85. The Bertz CT molecular complexity index is 733. The van der Waals surface area contributed by atoms with Gasteiger partial charge < -0.3 is 10.1 Å². The van der Waals surface area contributed by atoms with E-state index in [0.29, 0.717) is 23.4 Å². The summed E-state index contributed by atoms with van der Waals surface area (Å²) in [4.78, 5) is 22.7. The van der Waals surface area contributed by atoms with Crippen LogP contribution in [-0.4, -0.2) is 16.9 Å². The zero-order chi connectivity index (χ0) is 15.7. The number of fused-ring (bicyclic) bond motifs is 1. The van der Waals surface area contributed by atoms with E-state index in [1.165, 1.54) is 6.07 Å². The zero-order valence-electron chi connectivity index (χ0n) is 11.9. The molecule has 6 nitrogen and oxygen atoms in total. The van der Waals surface area contributed by atoms with Crippen LogP contribution in [-0.2, 0) is 11.2 Å². The van der Waals surface area contributed by atoms with Crippen LogP contribution in [0, 0.1) is 17.0 Å². The van der Waals surface area contributed by atoms with Crippen molar-refractivity contribution >= 4 is 17.3 Å². The van der Waals surface area contributed by atoms with Gasteiger partial charge in [0.15, 0.2) is 6.10 Å². The number of nitro benzene ring substituents is 1. The highest BCUT2D eigenvalue weighted by atomic mass is 16.6. The molecule has 1 N–H and O–H groups in total. The number of nitrogens with one attached hydrogen (secondary N) is 1. The van der Waals surface area contributed by atoms with Gasteiger partial charge in [-0.15, -0.1) is 0 Å². The minimum absolute atomic E-state index is 0.0200. The molecule has 1 aliphatic rings. The number of amides is 1. The number of hydrogen-bond acceptors (Lipinski definition) is 4.